The first-order valence-electron chi connectivity index (χ1n) is 4.17. The zero-order valence-corrected chi connectivity index (χ0v) is 9.74. The predicted octanol–water partition coefficient (Wildman–Crippen LogP) is 3.01. The molecule has 0 fully saturated rings. The number of nitrogens with zero attached hydrogens (tertiary/aromatic N) is 1. The average molecular weight is 233 g/mol. The fraction of sp³-hybridized carbons (Fsp3) is 0.333. The quantitative estimate of drug-likeness (QED) is 0.575. The Morgan fingerprint density at radius 3 is 2.27 bits per heavy atom. The van der Waals surface area contributed by atoms with Crippen molar-refractivity contribution in [2.75, 3.05) is 0 Å². The van der Waals surface area contributed by atoms with E-state index in [0.29, 0.717) is 10.8 Å². The van der Waals surface area contributed by atoms with Crippen LogP contribution in [0.4, 0.5) is 4.79 Å². The van der Waals surface area contributed by atoms with E-state index in [2.05, 4.69) is 16.3 Å². The van der Waals surface area contributed by atoms with Gasteiger partial charge in [-0.3, -0.25) is 0 Å². The summed E-state index contributed by atoms with van der Waals surface area (Å²) in [6, 6.07) is 0. The van der Waals surface area contributed by atoms with E-state index in [4.69, 9.17) is 10.2 Å². The topological polar surface area (TPSA) is 79.7 Å². The zero-order chi connectivity index (χ0) is 12.3. The number of thiazole rings is 1. The van der Waals surface area contributed by atoms with Crippen LogP contribution >= 0.6 is 11.3 Å². The van der Waals surface area contributed by atoms with Gasteiger partial charge in [0, 0.05) is 0 Å². The molecule has 1 rings (SSSR count). The van der Waals surface area contributed by atoms with E-state index in [1.165, 1.54) is 11.3 Å². The Hall–Kier alpha value is -1.56. The van der Waals surface area contributed by atoms with Gasteiger partial charge in [-0.1, -0.05) is 31.8 Å². The van der Waals surface area contributed by atoms with Crippen LogP contribution in [0.25, 0.3) is 0 Å². The SMILES string of the molecule is C=COC(=O)O.CC.Cc1ncsc1O. The molecule has 0 bridgehead atoms. The molecule has 86 valence electrons. The summed E-state index contributed by atoms with van der Waals surface area (Å²) < 4.78 is 3.72. The lowest BCUT2D eigenvalue weighted by Gasteiger charge is -1.81. The Labute approximate surface area is 92.7 Å². The molecular weight excluding hydrogens is 218 g/mol. The van der Waals surface area contributed by atoms with Crippen molar-refractivity contribution < 1.29 is 19.7 Å². The fourth-order valence-electron chi connectivity index (χ4n) is 0.367. The molecule has 0 amide bonds. The van der Waals surface area contributed by atoms with Crippen LogP contribution in [0.2, 0.25) is 0 Å². The average Bonchev–Trinajstić information content (AvgIpc) is 2.55. The lowest BCUT2D eigenvalue weighted by molar-refractivity contribution is 0.128. The number of aromatic nitrogens is 1. The Bertz CT molecular complexity index is 269. The van der Waals surface area contributed by atoms with Crippen LogP contribution in [0.5, 0.6) is 5.06 Å². The number of hydrogen-bond acceptors (Lipinski definition) is 5. The molecule has 1 aromatic heterocycles. The summed E-state index contributed by atoms with van der Waals surface area (Å²) in [6.07, 6.45) is -0.479. The summed E-state index contributed by atoms with van der Waals surface area (Å²) in [6.45, 7) is 8.77. The van der Waals surface area contributed by atoms with Gasteiger partial charge < -0.3 is 14.9 Å². The third-order valence-corrected chi connectivity index (χ3v) is 1.63. The van der Waals surface area contributed by atoms with Gasteiger partial charge >= 0.3 is 6.16 Å². The summed E-state index contributed by atoms with van der Waals surface area (Å²) in [5.41, 5.74) is 2.33. The minimum atomic E-state index is -1.33. The molecule has 1 aromatic rings. The summed E-state index contributed by atoms with van der Waals surface area (Å²) >= 11 is 1.25. The highest BCUT2D eigenvalue weighted by Crippen LogP contribution is 2.18. The number of carboxylic acid groups (broad SMARTS) is 1. The van der Waals surface area contributed by atoms with Gasteiger partial charge in [-0.25, -0.2) is 9.78 Å². The second kappa shape index (κ2) is 10.5. The molecule has 0 aromatic carbocycles. The number of carbonyl (C=O) groups is 1. The zero-order valence-electron chi connectivity index (χ0n) is 8.93. The normalized spacial score (nSPS) is 7.40. The van der Waals surface area contributed by atoms with Crippen LogP contribution in [0, 0.1) is 6.92 Å². The highest BCUT2D eigenvalue weighted by Gasteiger charge is 1.92. The van der Waals surface area contributed by atoms with Gasteiger partial charge in [-0.2, -0.15) is 0 Å². The highest BCUT2D eigenvalue weighted by atomic mass is 32.1. The summed E-state index contributed by atoms with van der Waals surface area (Å²) in [7, 11) is 0. The molecule has 0 unspecified atom stereocenters. The van der Waals surface area contributed by atoms with Gasteiger partial charge in [0.1, 0.15) is 0 Å². The molecule has 0 aliphatic rings. The van der Waals surface area contributed by atoms with Gasteiger partial charge in [0.25, 0.3) is 0 Å². The Kier molecular flexibility index (Phi) is 11.1. The minimum Gasteiger partial charge on any atom is -0.498 e. The Balaban J connectivity index is 0. The summed E-state index contributed by atoms with van der Waals surface area (Å²) in [5.74, 6) is 0. The number of rotatable bonds is 1. The second-order valence-corrected chi connectivity index (χ2v) is 2.63. The van der Waals surface area contributed by atoms with Crippen molar-refractivity contribution in [1.29, 1.82) is 0 Å². The van der Waals surface area contributed by atoms with Crippen LogP contribution in [-0.2, 0) is 4.74 Å². The van der Waals surface area contributed by atoms with E-state index in [9.17, 15) is 4.79 Å². The molecule has 0 atom stereocenters. The van der Waals surface area contributed by atoms with Crippen LogP contribution in [0.3, 0.4) is 0 Å². The van der Waals surface area contributed by atoms with Crippen LogP contribution in [-0.4, -0.2) is 21.4 Å². The molecule has 15 heavy (non-hydrogen) atoms. The van der Waals surface area contributed by atoms with Crippen molar-refractivity contribution in [3.63, 3.8) is 0 Å². The van der Waals surface area contributed by atoms with Crippen molar-refractivity contribution in [3.8, 4) is 5.06 Å². The Morgan fingerprint density at radius 1 is 1.67 bits per heavy atom. The van der Waals surface area contributed by atoms with E-state index in [1.807, 2.05) is 13.8 Å². The molecule has 6 heteroatoms. The number of aromatic hydroxyl groups is 1. The van der Waals surface area contributed by atoms with E-state index in [0.717, 1.165) is 6.26 Å². The van der Waals surface area contributed by atoms with E-state index < -0.39 is 6.16 Å². The third kappa shape index (κ3) is 10.4. The van der Waals surface area contributed by atoms with E-state index >= 15 is 0 Å². The fourth-order valence-corrected chi connectivity index (χ4v) is 0.901. The molecule has 0 aliphatic heterocycles. The van der Waals surface area contributed by atoms with Crippen LogP contribution in [0.1, 0.15) is 19.5 Å². The van der Waals surface area contributed by atoms with Crippen molar-refractivity contribution in [2.24, 2.45) is 0 Å². The lowest BCUT2D eigenvalue weighted by atomic mass is 10.6. The standard InChI is InChI=1S/C4H5NOS.C3H4O3.C2H6/c1-3-4(6)7-2-5-3;1-2-6-3(4)5;1-2/h2,6H,1H3;2H,1H2,(H,4,5);1-2H3. The molecule has 1 heterocycles. The number of hydrogen-bond donors (Lipinski definition) is 2. The largest absolute Gasteiger partial charge is 0.510 e. The first kappa shape index (κ1) is 15.9. The van der Waals surface area contributed by atoms with Crippen molar-refractivity contribution >= 4 is 17.5 Å². The maximum Gasteiger partial charge on any atom is 0.510 e. The minimum absolute atomic E-state index is 0.319. The van der Waals surface area contributed by atoms with Gasteiger partial charge in [-0.15, -0.1) is 0 Å². The third-order valence-electron chi connectivity index (χ3n) is 0.904. The molecular formula is C9H15NO4S. The molecule has 0 spiro atoms. The van der Waals surface area contributed by atoms with Crippen molar-refractivity contribution in [1.82, 2.24) is 4.98 Å². The van der Waals surface area contributed by atoms with Gasteiger partial charge in [0.05, 0.1) is 17.5 Å². The van der Waals surface area contributed by atoms with E-state index in [-0.39, 0.29) is 0 Å². The lowest BCUT2D eigenvalue weighted by Crippen LogP contribution is -1.89. The molecule has 0 radical (unpaired) electrons. The number of ether oxygens (including phenoxy) is 1. The monoisotopic (exact) mass is 233 g/mol. The smallest absolute Gasteiger partial charge is 0.498 e. The summed E-state index contributed by atoms with van der Waals surface area (Å²) in [5, 5.41) is 16.7. The molecule has 0 saturated heterocycles. The van der Waals surface area contributed by atoms with Crippen LogP contribution < -0.4 is 0 Å². The van der Waals surface area contributed by atoms with Gasteiger partial charge in [-0.05, 0) is 6.92 Å². The molecule has 5 nitrogen and oxygen atoms in total. The van der Waals surface area contributed by atoms with Gasteiger partial charge in [0.15, 0.2) is 5.06 Å². The second-order valence-electron chi connectivity index (χ2n) is 1.79. The molecule has 0 aliphatic carbocycles. The molecule has 0 saturated carbocycles. The van der Waals surface area contributed by atoms with Gasteiger partial charge in [0.2, 0.25) is 0 Å². The number of aryl methyl sites for hydroxylation is 1. The van der Waals surface area contributed by atoms with Crippen molar-refractivity contribution in [2.45, 2.75) is 20.8 Å². The Morgan fingerprint density at radius 2 is 2.20 bits per heavy atom. The first-order valence-corrected chi connectivity index (χ1v) is 5.05. The maximum atomic E-state index is 9.31. The maximum absolute atomic E-state index is 9.31. The summed E-state index contributed by atoms with van der Waals surface area (Å²) in [4.78, 5) is 13.1. The van der Waals surface area contributed by atoms with E-state index in [1.54, 1.807) is 12.4 Å². The highest BCUT2D eigenvalue weighted by molar-refractivity contribution is 7.11. The van der Waals surface area contributed by atoms with Crippen molar-refractivity contribution in [3.05, 3.63) is 24.0 Å². The van der Waals surface area contributed by atoms with Crippen LogP contribution in [0.15, 0.2) is 18.4 Å². The molecule has 2 N–H and O–H groups in total. The first-order chi connectivity index (χ1) is 7.07. The predicted molar refractivity (Wildman–Crippen MR) is 59.2 cm³/mol.